The fourth-order valence-electron chi connectivity index (χ4n) is 3.85. The van der Waals surface area contributed by atoms with E-state index in [9.17, 15) is 14.4 Å². The van der Waals surface area contributed by atoms with Crippen LogP contribution in [0.2, 0.25) is 0 Å². The van der Waals surface area contributed by atoms with Crippen molar-refractivity contribution in [3.63, 3.8) is 0 Å². The maximum atomic E-state index is 12.6. The third-order valence-corrected chi connectivity index (χ3v) is 5.22. The van der Waals surface area contributed by atoms with Gasteiger partial charge in [-0.1, -0.05) is 24.3 Å². The Labute approximate surface area is 163 Å². The second-order valence-corrected chi connectivity index (χ2v) is 7.05. The number of fused-ring (bicyclic) bond motifs is 2. The summed E-state index contributed by atoms with van der Waals surface area (Å²) in [6.45, 7) is 2.73. The maximum absolute atomic E-state index is 12.6. The zero-order valence-corrected chi connectivity index (χ0v) is 15.6. The molecule has 1 atom stereocenters. The van der Waals surface area contributed by atoms with Crippen LogP contribution in [0.5, 0.6) is 0 Å². The number of rotatable bonds is 2. The Morgan fingerprint density at radius 3 is 2.82 bits per heavy atom. The molecule has 0 radical (unpaired) electrons. The van der Waals surface area contributed by atoms with Crippen molar-refractivity contribution in [1.82, 2.24) is 10.6 Å². The zero-order chi connectivity index (χ0) is 19.7. The van der Waals surface area contributed by atoms with Crippen LogP contribution in [0, 0.1) is 0 Å². The van der Waals surface area contributed by atoms with Gasteiger partial charge in [0, 0.05) is 37.0 Å². The topological polar surface area (TPSA) is 90.5 Å². The molecule has 4 amide bonds. The third kappa shape index (κ3) is 3.43. The van der Waals surface area contributed by atoms with E-state index < -0.39 is 0 Å². The molecule has 144 valence electrons. The first-order chi connectivity index (χ1) is 13.5. The number of anilines is 2. The van der Waals surface area contributed by atoms with E-state index >= 15 is 0 Å². The molecule has 0 spiro atoms. The summed E-state index contributed by atoms with van der Waals surface area (Å²) in [7, 11) is 0. The molecule has 2 aromatic rings. The van der Waals surface area contributed by atoms with E-state index in [1.54, 1.807) is 17.9 Å². The molecule has 1 unspecified atom stereocenters. The summed E-state index contributed by atoms with van der Waals surface area (Å²) in [6, 6.07) is 12.5. The van der Waals surface area contributed by atoms with Crippen LogP contribution >= 0.6 is 0 Å². The van der Waals surface area contributed by atoms with Gasteiger partial charge in [-0.3, -0.25) is 9.59 Å². The Balaban J connectivity index is 1.49. The Morgan fingerprint density at radius 1 is 1.18 bits per heavy atom. The van der Waals surface area contributed by atoms with Crippen LogP contribution in [-0.4, -0.2) is 30.9 Å². The zero-order valence-electron chi connectivity index (χ0n) is 15.6. The largest absolute Gasteiger partial charge is 0.352 e. The van der Waals surface area contributed by atoms with Gasteiger partial charge in [0.15, 0.2) is 0 Å². The van der Waals surface area contributed by atoms with E-state index in [0.29, 0.717) is 30.8 Å². The molecule has 2 heterocycles. The van der Waals surface area contributed by atoms with Crippen LogP contribution < -0.4 is 20.9 Å². The van der Waals surface area contributed by atoms with Crippen LogP contribution in [-0.2, 0) is 11.2 Å². The standard InChI is InChI=1S/C21H22N4O3/c1-13(26)25-11-9-18(16-4-2-3-5-19(16)25)24-21(28)23-15-7-6-14-8-10-22-20(27)17(14)12-15/h2-7,12,18H,8-11H2,1H3,(H,22,27)(H2,23,24,28). The number of nitrogens with one attached hydrogen (secondary N) is 3. The molecule has 0 aromatic heterocycles. The summed E-state index contributed by atoms with van der Waals surface area (Å²) >= 11 is 0. The van der Waals surface area contributed by atoms with E-state index in [0.717, 1.165) is 23.2 Å². The van der Waals surface area contributed by atoms with Gasteiger partial charge in [-0.2, -0.15) is 0 Å². The summed E-state index contributed by atoms with van der Waals surface area (Å²) in [4.78, 5) is 38.1. The quantitative estimate of drug-likeness (QED) is 0.750. The van der Waals surface area contributed by atoms with E-state index in [1.807, 2.05) is 36.4 Å². The number of hydrogen-bond acceptors (Lipinski definition) is 3. The molecule has 2 aliphatic rings. The molecular formula is C21H22N4O3. The first-order valence-corrected chi connectivity index (χ1v) is 9.38. The van der Waals surface area contributed by atoms with E-state index in [-0.39, 0.29) is 23.9 Å². The second kappa shape index (κ2) is 7.34. The first kappa shape index (κ1) is 18.0. The van der Waals surface area contributed by atoms with Gasteiger partial charge in [-0.05, 0) is 42.2 Å². The first-order valence-electron chi connectivity index (χ1n) is 9.38. The molecule has 7 nitrogen and oxygen atoms in total. The Morgan fingerprint density at radius 2 is 2.00 bits per heavy atom. The number of nitrogens with zero attached hydrogens (tertiary/aromatic N) is 1. The Bertz CT molecular complexity index is 956. The smallest absolute Gasteiger partial charge is 0.319 e. The van der Waals surface area contributed by atoms with Gasteiger partial charge in [0.1, 0.15) is 0 Å². The highest BCUT2D eigenvalue weighted by molar-refractivity contribution is 5.99. The van der Waals surface area contributed by atoms with Crippen molar-refractivity contribution < 1.29 is 14.4 Å². The van der Waals surface area contributed by atoms with Gasteiger partial charge in [-0.15, -0.1) is 0 Å². The molecule has 2 aliphatic heterocycles. The molecule has 0 aliphatic carbocycles. The number of carbonyl (C=O) groups excluding carboxylic acids is 3. The van der Waals surface area contributed by atoms with E-state index in [4.69, 9.17) is 0 Å². The fourth-order valence-corrected chi connectivity index (χ4v) is 3.85. The molecule has 28 heavy (non-hydrogen) atoms. The van der Waals surface area contributed by atoms with Crippen molar-refractivity contribution in [2.45, 2.75) is 25.8 Å². The predicted octanol–water partition coefficient (Wildman–Crippen LogP) is 2.59. The van der Waals surface area contributed by atoms with Gasteiger partial charge in [0.2, 0.25) is 5.91 Å². The normalized spacial score (nSPS) is 17.8. The molecule has 4 rings (SSSR count). The maximum Gasteiger partial charge on any atom is 0.319 e. The van der Waals surface area contributed by atoms with E-state index in [2.05, 4.69) is 16.0 Å². The number of para-hydroxylation sites is 1. The van der Waals surface area contributed by atoms with E-state index in [1.165, 1.54) is 0 Å². The van der Waals surface area contributed by atoms with Crippen LogP contribution in [0.4, 0.5) is 16.2 Å². The highest BCUT2D eigenvalue weighted by atomic mass is 16.2. The fraction of sp³-hybridized carbons (Fsp3) is 0.286. The van der Waals surface area contributed by atoms with Gasteiger partial charge in [0.05, 0.1) is 6.04 Å². The predicted molar refractivity (Wildman–Crippen MR) is 106 cm³/mol. The van der Waals surface area contributed by atoms with Gasteiger partial charge < -0.3 is 20.9 Å². The van der Waals surface area contributed by atoms with Crippen LogP contribution in [0.1, 0.15) is 40.9 Å². The molecule has 0 saturated heterocycles. The lowest BCUT2D eigenvalue weighted by Crippen LogP contribution is -2.41. The van der Waals surface area contributed by atoms with Crippen LogP contribution in [0.15, 0.2) is 42.5 Å². The lowest BCUT2D eigenvalue weighted by Gasteiger charge is -2.34. The number of urea groups is 1. The molecule has 0 bridgehead atoms. The van der Waals surface area contributed by atoms with Crippen molar-refractivity contribution in [3.05, 3.63) is 59.2 Å². The lowest BCUT2D eigenvalue weighted by molar-refractivity contribution is -0.116. The molecule has 2 aromatic carbocycles. The highest BCUT2D eigenvalue weighted by Crippen LogP contribution is 2.33. The molecular weight excluding hydrogens is 356 g/mol. The minimum Gasteiger partial charge on any atom is -0.352 e. The number of benzene rings is 2. The molecule has 3 N–H and O–H groups in total. The second-order valence-electron chi connectivity index (χ2n) is 7.05. The van der Waals surface area contributed by atoms with Crippen molar-refractivity contribution in [2.24, 2.45) is 0 Å². The van der Waals surface area contributed by atoms with Crippen molar-refractivity contribution >= 4 is 29.2 Å². The Kier molecular flexibility index (Phi) is 4.73. The molecule has 7 heteroatoms. The number of carbonyl (C=O) groups is 3. The van der Waals surface area contributed by atoms with Crippen LogP contribution in [0.3, 0.4) is 0 Å². The van der Waals surface area contributed by atoms with Gasteiger partial charge in [0.25, 0.3) is 5.91 Å². The summed E-state index contributed by atoms with van der Waals surface area (Å²) in [5.41, 5.74) is 3.91. The minimum atomic E-state index is -0.341. The van der Waals surface area contributed by atoms with Crippen molar-refractivity contribution in [3.8, 4) is 0 Å². The van der Waals surface area contributed by atoms with Gasteiger partial charge in [-0.25, -0.2) is 4.79 Å². The Hall–Kier alpha value is -3.35. The lowest BCUT2D eigenvalue weighted by atomic mass is 9.96. The summed E-state index contributed by atoms with van der Waals surface area (Å²) in [6.07, 6.45) is 1.43. The average Bonchev–Trinajstić information content (AvgIpc) is 2.68. The van der Waals surface area contributed by atoms with Crippen LogP contribution in [0.25, 0.3) is 0 Å². The molecule has 0 saturated carbocycles. The summed E-state index contributed by atoms with van der Waals surface area (Å²) < 4.78 is 0. The monoisotopic (exact) mass is 378 g/mol. The minimum absolute atomic E-state index is 0.0114. The van der Waals surface area contributed by atoms with Crippen molar-refractivity contribution in [2.75, 3.05) is 23.3 Å². The SMILES string of the molecule is CC(=O)N1CCC(NC(=O)Nc2ccc3c(c2)C(=O)NCC3)c2ccccc21. The van der Waals surface area contributed by atoms with Gasteiger partial charge >= 0.3 is 6.03 Å². The molecule has 0 fully saturated rings. The summed E-state index contributed by atoms with van der Waals surface area (Å²) in [5, 5.41) is 8.61. The highest BCUT2D eigenvalue weighted by Gasteiger charge is 2.28. The third-order valence-electron chi connectivity index (χ3n) is 5.22. The van der Waals surface area contributed by atoms with Crippen molar-refractivity contribution in [1.29, 1.82) is 0 Å². The number of amides is 4. The summed E-state index contributed by atoms with van der Waals surface area (Å²) in [5.74, 6) is -0.126. The number of hydrogen-bond donors (Lipinski definition) is 3. The average molecular weight is 378 g/mol.